The molecule has 2 aliphatic heterocycles. The van der Waals surface area contributed by atoms with Crippen molar-refractivity contribution in [2.24, 2.45) is 0 Å². The van der Waals surface area contributed by atoms with Crippen molar-refractivity contribution in [2.45, 2.75) is 0 Å². The molecule has 8 nitrogen and oxygen atoms in total. The lowest BCUT2D eigenvalue weighted by Gasteiger charge is -2.35. The first-order valence-corrected chi connectivity index (χ1v) is 11.8. The van der Waals surface area contributed by atoms with Crippen molar-refractivity contribution in [3.63, 3.8) is 0 Å². The third-order valence-electron chi connectivity index (χ3n) is 7.04. The fraction of sp³-hybridized carbons (Fsp3) is 0.308. The van der Waals surface area contributed by atoms with E-state index in [-0.39, 0.29) is 0 Å². The summed E-state index contributed by atoms with van der Waals surface area (Å²) < 4.78 is 11.4. The van der Waals surface area contributed by atoms with Crippen LogP contribution < -0.4 is 9.80 Å². The maximum Gasteiger partial charge on any atom is 0.0642 e. The molecule has 170 valence electrons. The molecule has 0 unspecified atom stereocenters. The Kier molecular flexibility index (Phi) is 4.66. The Bertz CT molecular complexity index is 1330. The third kappa shape index (κ3) is 3.13. The molecule has 2 aromatic heterocycles. The number of benzene rings is 3. The van der Waals surface area contributed by atoms with Gasteiger partial charge in [-0.25, -0.2) is 0 Å². The minimum absolute atomic E-state index is 0.728. The van der Waals surface area contributed by atoms with Crippen LogP contribution in [0.25, 0.3) is 43.1 Å². The molecular formula is C26H24N6O2. The summed E-state index contributed by atoms with van der Waals surface area (Å²) in [6.45, 7) is 6.36. The lowest BCUT2D eigenvalue weighted by Crippen LogP contribution is -2.37. The quantitative estimate of drug-likeness (QED) is 0.377. The highest BCUT2D eigenvalue weighted by atomic mass is 16.5. The van der Waals surface area contributed by atoms with Crippen LogP contribution in [0.1, 0.15) is 0 Å². The number of hydrogen-bond acceptors (Lipinski definition) is 8. The first-order chi connectivity index (χ1) is 16.9. The monoisotopic (exact) mass is 452 g/mol. The van der Waals surface area contributed by atoms with E-state index in [9.17, 15) is 0 Å². The van der Waals surface area contributed by atoms with Crippen molar-refractivity contribution >= 4 is 54.5 Å². The second-order valence-electron chi connectivity index (χ2n) is 8.93. The minimum Gasteiger partial charge on any atom is -0.378 e. The summed E-state index contributed by atoms with van der Waals surface area (Å²) >= 11 is 0. The second kappa shape index (κ2) is 8.00. The smallest absolute Gasteiger partial charge is 0.0642 e. The molecule has 0 bridgehead atoms. The number of ether oxygens (including phenoxy) is 2. The van der Waals surface area contributed by atoms with Gasteiger partial charge in [-0.15, -0.1) is 0 Å². The van der Waals surface area contributed by atoms with Gasteiger partial charge in [-0.3, -0.25) is 0 Å². The van der Waals surface area contributed by atoms with Crippen LogP contribution in [0.2, 0.25) is 0 Å². The van der Waals surface area contributed by atoms with E-state index in [0.29, 0.717) is 0 Å². The van der Waals surface area contributed by atoms with Crippen molar-refractivity contribution in [1.29, 1.82) is 0 Å². The molecule has 0 N–H and O–H groups in total. The summed E-state index contributed by atoms with van der Waals surface area (Å²) in [5.74, 6) is 0. The van der Waals surface area contributed by atoms with Gasteiger partial charge in [0.15, 0.2) is 0 Å². The van der Waals surface area contributed by atoms with E-state index in [0.717, 1.165) is 74.2 Å². The van der Waals surface area contributed by atoms with Gasteiger partial charge in [-0.1, -0.05) is 0 Å². The first-order valence-electron chi connectivity index (χ1n) is 11.8. The van der Waals surface area contributed by atoms with Crippen LogP contribution in [0.5, 0.6) is 0 Å². The molecule has 0 aliphatic carbocycles. The van der Waals surface area contributed by atoms with Gasteiger partial charge in [0.2, 0.25) is 0 Å². The zero-order valence-electron chi connectivity index (χ0n) is 18.8. The van der Waals surface area contributed by atoms with Crippen LogP contribution in [0.4, 0.5) is 11.4 Å². The van der Waals surface area contributed by atoms with Gasteiger partial charge < -0.3 is 19.3 Å². The lowest BCUT2D eigenvalue weighted by atomic mass is 9.93. The largest absolute Gasteiger partial charge is 0.378 e. The molecular weight excluding hydrogens is 428 g/mol. The summed E-state index contributed by atoms with van der Waals surface area (Å²) in [6, 6.07) is 9.12. The van der Waals surface area contributed by atoms with E-state index >= 15 is 0 Å². The Morgan fingerprint density at radius 2 is 0.765 bits per heavy atom. The third-order valence-corrected chi connectivity index (χ3v) is 7.04. The molecule has 7 rings (SSSR count). The number of anilines is 2. The van der Waals surface area contributed by atoms with Crippen LogP contribution in [0.3, 0.4) is 0 Å². The fourth-order valence-electron chi connectivity index (χ4n) is 5.42. The van der Waals surface area contributed by atoms with Crippen molar-refractivity contribution in [3.8, 4) is 0 Å². The highest BCUT2D eigenvalue weighted by Crippen LogP contribution is 2.46. The topological polar surface area (TPSA) is 76.5 Å². The number of hydrogen-bond donors (Lipinski definition) is 0. The summed E-state index contributed by atoms with van der Waals surface area (Å²) in [7, 11) is 0. The summed E-state index contributed by atoms with van der Waals surface area (Å²) in [5, 5.41) is 25.9. The molecule has 0 spiro atoms. The van der Waals surface area contributed by atoms with E-state index in [4.69, 9.17) is 9.47 Å². The van der Waals surface area contributed by atoms with Crippen molar-refractivity contribution in [2.75, 3.05) is 62.4 Å². The molecule has 4 heterocycles. The van der Waals surface area contributed by atoms with Crippen molar-refractivity contribution < 1.29 is 9.47 Å². The van der Waals surface area contributed by atoms with E-state index < -0.39 is 0 Å². The van der Waals surface area contributed by atoms with Gasteiger partial charge in [0, 0.05) is 69.3 Å². The Morgan fingerprint density at radius 1 is 0.471 bits per heavy atom. The van der Waals surface area contributed by atoms with E-state index in [2.05, 4.69) is 54.5 Å². The summed E-state index contributed by atoms with van der Waals surface area (Å²) in [5.41, 5.74) is 2.51. The Morgan fingerprint density at radius 3 is 1.06 bits per heavy atom. The Balaban J connectivity index is 1.66. The normalized spacial score (nSPS) is 17.3. The zero-order valence-corrected chi connectivity index (χ0v) is 18.8. The standard InChI is InChI=1S/C26H24N6O2/c1-5-33-6-2-31(1)25-21-9-17-13-27-29-15-19(17)11-23(21)26(32-3-7-34-8-4-32)24-12-20-16-30-28-14-18(20)10-22(24)25/h9-16H,1-8H2. The highest BCUT2D eigenvalue weighted by Gasteiger charge is 2.25. The average Bonchev–Trinajstić information content (AvgIpc) is 2.90. The van der Waals surface area contributed by atoms with Gasteiger partial charge in [0.05, 0.1) is 62.6 Å². The molecule has 0 saturated carbocycles. The number of aromatic nitrogens is 4. The second-order valence-corrected chi connectivity index (χ2v) is 8.93. The number of rotatable bonds is 2. The van der Waals surface area contributed by atoms with Crippen LogP contribution >= 0.6 is 0 Å². The van der Waals surface area contributed by atoms with Crippen LogP contribution in [0.15, 0.2) is 49.1 Å². The fourth-order valence-corrected chi connectivity index (χ4v) is 5.42. The predicted molar refractivity (Wildman–Crippen MR) is 134 cm³/mol. The van der Waals surface area contributed by atoms with Gasteiger partial charge >= 0.3 is 0 Å². The SMILES string of the molecule is c1nncc2cc3c(N4CCOCC4)c4cc5cnncc5cc4c(N4CCOCC4)c3cc12. The molecule has 2 aliphatic rings. The van der Waals surface area contributed by atoms with Crippen LogP contribution in [0, 0.1) is 0 Å². The van der Waals surface area contributed by atoms with Crippen molar-refractivity contribution in [1.82, 2.24) is 20.4 Å². The van der Waals surface area contributed by atoms with E-state index in [1.807, 2.05) is 24.8 Å². The summed E-state index contributed by atoms with van der Waals surface area (Å²) in [6.07, 6.45) is 7.41. The molecule has 0 atom stereocenters. The van der Waals surface area contributed by atoms with Gasteiger partial charge in [0.1, 0.15) is 0 Å². The number of fused-ring (bicyclic) bond motifs is 4. The molecule has 2 saturated heterocycles. The minimum atomic E-state index is 0.728. The van der Waals surface area contributed by atoms with E-state index in [1.165, 1.54) is 32.9 Å². The molecule has 34 heavy (non-hydrogen) atoms. The summed E-state index contributed by atoms with van der Waals surface area (Å²) in [4.78, 5) is 4.94. The molecule has 8 heteroatoms. The van der Waals surface area contributed by atoms with E-state index in [1.54, 1.807) is 0 Å². The lowest BCUT2D eigenvalue weighted by molar-refractivity contribution is 0.122. The van der Waals surface area contributed by atoms with Crippen molar-refractivity contribution in [3.05, 3.63) is 49.1 Å². The highest BCUT2D eigenvalue weighted by molar-refractivity contribution is 6.24. The first kappa shape index (κ1) is 19.8. The molecule has 0 amide bonds. The van der Waals surface area contributed by atoms with Gasteiger partial charge in [0.25, 0.3) is 0 Å². The molecule has 3 aromatic carbocycles. The Labute approximate surface area is 196 Å². The molecule has 0 radical (unpaired) electrons. The van der Waals surface area contributed by atoms with Crippen LogP contribution in [-0.2, 0) is 9.47 Å². The number of morpholine rings is 2. The number of nitrogens with zero attached hydrogens (tertiary/aromatic N) is 6. The maximum absolute atomic E-state index is 5.70. The molecule has 5 aromatic rings. The predicted octanol–water partition coefficient (Wildman–Crippen LogP) is 3.55. The maximum atomic E-state index is 5.70. The van der Waals surface area contributed by atoms with Gasteiger partial charge in [-0.2, -0.15) is 20.4 Å². The average molecular weight is 453 g/mol. The Hall–Kier alpha value is -3.62. The molecule has 2 fully saturated rings. The zero-order chi connectivity index (χ0) is 22.5. The van der Waals surface area contributed by atoms with Gasteiger partial charge in [-0.05, 0) is 24.3 Å². The van der Waals surface area contributed by atoms with Crippen LogP contribution in [-0.4, -0.2) is 73.0 Å².